The first kappa shape index (κ1) is 12.3. The second kappa shape index (κ2) is 5.01. The normalized spacial score (nSPS) is 20.1. The van der Waals surface area contributed by atoms with Crippen molar-refractivity contribution in [2.45, 2.75) is 6.54 Å². The third-order valence-corrected chi connectivity index (χ3v) is 4.57. The van der Waals surface area contributed by atoms with Crippen LogP contribution < -0.4 is 5.32 Å². The van der Waals surface area contributed by atoms with Crippen molar-refractivity contribution in [3.63, 3.8) is 0 Å². The van der Waals surface area contributed by atoms with Crippen LogP contribution >= 0.6 is 0 Å². The summed E-state index contributed by atoms with van der Waals surface area (Å²) in [6.07, 6.45) is 1.75. The van der Waals surface area contributed by atoms with E-state index in [1.165, 1.54) is 0 Å². The largest absolute Gasteiger partial charge is 0.373 e. The number of pyridine rings is 1. The zero-order chi connectivity index (χ0) is 12.3. The van der Waals surface area contributed by atoms with Crippen LogP contribution in [0.4, 0.5) is 5.82 Å². The minimum absolute atomic E-state index is 0.266. The summed E-state index contributed by atoms with van der Waals surface area (Å²) >= 11 is 0. The fourth-order valence-corrected chi connectivity index (χ4v) is 3.22. The number of nitrogens with zero attached hydrogens (tertiary/aromatic N) is 2. The minimum atomic E-state index is -2.80. The molecule has 0 aliphatic carbocycles. The van der Waals surface area contributed by atoms with Gasteiger partial charge in [-0.3, -0.25) is 4.90 Å². The molecule has 0 saturated carbocycles. The van der Waals surface area contributed by atoms with Crippen LogP contribution in [0, 0.1) is 0 Å². The Kier molecular flexibility index (Phi) is 3.63. The minimum Gasteiger partial charge on any atom is -0.373 e. The molecule has 0 amide bonds. The van der Waals surface area contributed by atoms with Crippen LogP contribution in [0.2, 0.25) is 0 Å². The van der Waals surface area contributed by atoms with Crippen molar-refractivity contribution in [3.8, 4) is 0 Å². The standard InChI is InChI=1S/C11H17N3O2S/c1-12-11-10(3-2-4-13-11)9-14-5-7-17(15,16)8-6-14/h2-4H,5-9H2,1H3,(H,12,13). The van der Waals surface area contributed by atoms with Gasteiger partial charge in [-0.25, -0.2) is 13.4 Å². The van der Waals surface area contributed by atoms with Gasteiger partial charge in [-0.1, -0.05) is 6.07 Å². The Balaban J connectivity index is 2.02. The molecule has 1 aliphatic rings. The Morgan fingerprint density at radius 2 is 2.12 bits per heavy atom. The van der Waals surface area contributed by atoms with E-state index in [-0.39, 0.29) is 11.5 Å². The number of nitrogens with one attached hydrogen (secondary N) is 1. The summed E-state index contributed by atoms with van der Waals surface area (Å²) in [5.74, 6) is 1.39. The maximum atomic E-state index is 11.3. The van der Waals surface area contributed by atoms with Crippen LogP contribution in [0.25, 0.3) is 0 Å². The van der Waals surface area contributed by atoms with Gasteiger partial charge in [0, 0.05) is 38.4 Å². The zero-order valence-electron chi connectivity index (χ0n) is 9.89. The molecule has 5 nitrogen and oxygen atoms in total. The SMILES string of the molecule is CNc1ncccc1CN1CCS(=O)(=O)CC1. The van der Waals surface area contributed by atoms with Crippen LogP contribution in [0.5, 0.6) is 0 Å². The molecule has 2 heterocycles. The Morgan fingerprint density at radius 1 is 1.41 bits per heavy atom. The summed E-state index contributed by atoms with van der Waals surface area (Å²) in [6, 6.07) is 3.92. The highest BCUT2D eigenvalue weighted by molar-refractivity contribution is 7.91. The predicted octanol–water partition coefficient (Wildman–Crippen LogP) is 0.354. The highest BCUT2D eigenvalue weighted by Crippen LogP contribution is 2.15. The molecule has 6 heteroatoms. The first-order valence-corrected chi connectivity index (χ1v) is 7.47. The zero-order valence-corrected chi connectivity index (χ0v) is 10.7. The fraction of sp³-hybridized carbons (Fsp3) is 0.545. The highest BCUT2D eigenvalue weighted by atomic mass is 32.2. The van der Waals surface area contributed by atoms with Crippen molar-refractivity contribution in [1.82, 2.24) is 9.88 Å². The van der Waals surface area contributed by atoms with Crippen LogP contribution in [-0.4, -0.2) is 49.9 Å². The van der Waals surface area contributed by atoms with E-state index in [9.17, 15) is 8.42 Å². The summed E-state index contributed by atoms with van der Waals surface area (Å²) in [5.41, 5.74) is 1.11. The molecule has 0 atom stereocenters. The number of sulfone groups is 1. The first-order valence-electron chi connectivity index (χ1n) is 5.65. The lowest BCUT2D eigenvalue weighted by Gasteiger charge is -2.26. The van der Waals surface area contributed by atoms with Crippen LogP contribution in [0.3, 0.4) is 0 Å². The molecule has 1 aromatic heterocycles. The van der Waals surface area contributed by atoms with Crippen LogP contribution in [-0.2, 0) is 16.4 Å². The smallest absolute Gasteiger partial charge is 0.152 e. The molecular weight excluding hydrogens is 238 g/mol. The van der Waals surface area contributed by atoms with Gasteiger partial charge in [0.1, 0.15) is 5.82 Å². The molecule has 1 aromatic rings. The van der Waals surface area contributed by atoms with Gasteiger partial charge >= 0.3 is 0 Å². The molecular formula is C11H17N3O2S. The maximum absolute atomic E-state index is 11.3. The Bertz CT molecular complexity index is 473. The average molecular weight is 255 g/mol. The van der Waals surface area contributed by atoms with E-state index in [2.05, 4.69) is 15.2 Å². The van der Waals surface area contributed by atoms with E-state index >= 15 is 0 Å². The molecule has 0 aromatic carbocycles. The number of rotatable bonds is 3. The summed E-state index contributed by atoms with van der Waals surface area (Å²) in [6.45, 7) is 1.97. The summed E-state index contributed by atoms with van der Waals surface area (Å²) in [5, 5.41) is 3.05. The number of aromatic nitrogens is 1. The van der Waals surface area contributed by atoms with Crippen molar-refractivity contribution in [3.05, 3.63) is 23.9 Å². The Labute approximate surface area is 102 Å². The second-order valence-corrected chi connectivity index (χ2v) is 6.49. The van der Waals surface area contributed by atoms with Gasteiger partial charge < -0.3 is 5.32 Å². The third-order valence-electron chi connectivity index (χ3n) is 2.96. The van der Waals surface area contributed by atoms with Crippen molar-refractivity contribution in [2.24, 2.45) is 0 Å². The van der Waals surface area contributed by atoms with E-state index in [0.29, 0.717) is 13.1 Å². The lowest BCUT2D eigenvalue weighted by molar-refractivity contribution is 0.288. The summed E-state index contributed by atoms with van der Waals surface area (Å²) in [7, 11) is -0.957. The molecule has 1 fully saturated rings. The molecule has 1 aliphatic heterocycles. The quantitative estimate of drug-likeness (QED) is 0.844. The molecule has 0 spiro atoms. The van der Waals surface area contributed by atoms with Gasteiger partial charge in [-0.15, -0.1) is 0 Å². The Morgan fingerprint density at radius 3 is 2.76 bits per heavy atom. The van der Waals surface area contributed by atoms with E-state index < -0.39 is 9.84 Å². The monoisotopic (exact) mass is 255 g/mol. The van der Waals surface area contributed by atoms with Crippen LogP contribution in [0.15, 0.2) is 18.3 Å². The van der Waals surface area contributed by atoms with Crippen LogP contribution in [0.1, 0.15) is 5.56 Å². The number of hydrogen-bond acceptors (Lipinski definition) is 5. The third kappa shape index (κ3) is 3.17. The summed E-state index contributed by atoms with van der Waals surface area (Å²) < 4.78 is 22.6. The first-order chi connectivity index (χ1) is 8.11. The van der Waals surface area contributed by atoms with Gasteiger partial charge in [-0.2, -0.15) is 0 Å². The molecule has 17 heavy (non-hydrogen) atoms. The van der Waals surface area contributed by atoms with Gasteiger partial charge in [0.05, 0.1) is 11.5 Å². The fourth-order valence-electron chi connectivity index (χ4n) is 1.94. The highest BCUT2D eigenvalue weighted by Gasteiger charge is 2.21. The maximum Gasteiger partial charge on any atom is 0.152 e. The van der Waals surface area contributed by atoms with Gasteiger partial charge in [0.25, 0.3) is 0 Å². The number of hydrogen-bond donors (Lipinski definition) is 1. The molecule has 2 rings (SSSR count). The second-order valence-electron chi connectivity index (χ2n) is 4.19. The molecule has 1 N–H and O–H groups in total. The molecule has 1 saturated heterocycles. The van der Waals surface area contributed by atoms with E-state index in [1.807, 2.05) is 19.2 Å². The molecule has 0 radical (unpaired) electrons. The van der Waals surface area contributed by atoms with Gasteiger partial charge in [0.2, 0.25) is 0 Å². The molecule has 94 valence electrons. The lowest BCUT2D eigenvalue weighted by Crippen LogP contribution is -2.39. The average Bonchev–Trinajstić information content (AvgIpc) is 2.32. The topological polar surface area (TPSA) is 62.3 Å². The van der Waals surface area contributed by atoms with Gasteiger partial charge in [0.15, 0.2) is 9.84 Å². The molecule has 0 unspecified atom stereocenters. The summed E-state index contributed by atoms with van der Waals surface area (Å²) in [4.78, 5) is 6.39. The number of anilines is 1. The molecule has 0 bridgehead atoms. The van der Waals surface area contributed by atoms with Gasteiger partial charge in [-0.05, 0) is 6.07 Å². The Hall–Kier alpha value is -1.14. The van der Waals surface area contributed by atoms with Crippen molar-refractivity contribution >= 4 is 15.7 Å². The predicted molar refractivity (Wildman–Crippen MR) is 67.7 cm³/mol. The van der Waals surface area contributed by atoms with Crippen molar-refractivity contribution in [2.75, 3.05) is 37.0 Å². The lowest BCUT2D eigenvalue weighted by atomic mass is 10.2. The van der Waals surface area contributed by atoms with Crippen molar-refractivity contribution in [1.29, 1.82) is 0 Å². The van der Waals surface area contributed by atoms with E-state index in [0.717, 1.165) is 17.9 Å². The van der Waals surface area contributed by atoms with Crippen molar-refractivity contribution < 1.29 is 8.42 Å². The van der Waals surface area contributed by atoms with E-state index in [4.69, 9.17) is 0 Å². The van der Waals surface area contributed by atoms with E-state index in [1.54, 1.807) is 6.20 Å².